The Morgan fingerprint density at radius 3 is 2.30 bits per heavy atom. The van der Waals surface area contributed by atoms with Crippen LogP contribution in [-0.2, 0) is 22.6 Å². The Morgan fingerprint density at radius 1 is 1.07 bits per heavy atom. The first-order valence-electron chi connectivity index (χ1n) is 13.1. The van der Waals surface area contributed by atoms with Gasteiger partial charge in [-0.2, -0.15) is 39.5 Å². The average Bonchev–Trinajstić information content (AvgIpc) is 2.94. The van der Waals surface area contributed by atoms with Gasteiger partial charge in [-0.1, -0.05) is 6.08 Å². The van der Waals surface area contributed by atoms with E-state index in [0.29, 0.717) is 53.9 Å². The van der Waals surface area contributed by atoms with Crippen LogP contribution in [0.5, 0.6) is 5.75 Å². The molecule has 0 aliphatic carbocycles. The number of nitrogens with zero attached hydrogens (tertiary/aromatic N) is 2. The maximum Gasteiger partial charge on any atom is 0.416 e. The molecule has 4 N–H and O–H groups in total. The van der Waals surface area contributed by atoms with Gasteiger partial charge in [0, 0.05) is 24.2 Å². The minimum absolute atomic E-state index is 0. The van der Waals surface area contributed by atoms with Gasteiger partial charge >= 0.3 is 12.4 Å². The van der Waals surface area contributed by atoms with Crippen LogP contribution in [0.4, 0.5) is 32.0 Å². The number of fused-ring (bicyclic) bond motifs is 4. The molecule has 6 rings (SSSR count). The van der Waals surface area contributed by atoms with Gasteiger partial charge in [0.2, 0.25) is 0 Å². The summed E-state index contributed by atoms with van der Waals surface area (Å²) < 4.78 is 117. The highest BCUT2D eigenvalue weighted by Crippen LogP contribution is 2.43. The molecule has 3 fully saturated rings. The summed E-state index contributed by atoms with van der Waals surface area (Å²) in [6.07, 6.45) is -5.39. The number of anilines is 1. The van der Waals surface area contributed by atoms with Crippen molar-refractivity contribution < 1.29 is 45.0 Å². The van der Waals surface area contributed by atoms with Crippen LogP contribution in [0.25, 0.3) is 10.9 Å². The Labute approximate surface area is 244 Å². The fourth-order valence-corrected chi connectivity index (χ4v) is 7.09. The predicted octanol–water partition coefficient (Wildman–Crippen LogP) is 5.34. The van der Waals surface area contributed by atoms with Crippen molar-refractivity contribution in [1.29, 1.82) is 0 Å². The molecule has 8 nitrogen and oxygen atoms in total. The average molecular weight is 633 g/mol. The first kappa shape index (κ1) is 32.5. The third-order valence-corrected chi connectivity index (χ3v) is 9.05. The molecule has 3 aromatic rings. The van der Waals surface area contributed by atoms with Crippen molar-refractivity contribution in [1.82, 2.24) is 14.6 Å². The molecule has 43 heavy (non-hydrogen) atoms. The minimum atomic E-state index is -5.14. The lowest BCUT2D eigenvalue weighted by Crippen LogP contribution is -2.57. The van der Waals surface area contributed by atoms with Crippen LogP contribution in [0.15, 0.2) is 61.3 Å². The number of nitrogens with one attached hydrogen (secondary N) is 2. The van der Waals surface area contributed by atoms with Crippen LogP contribution in [0, 0.1) is 11.8 Å². The molecular weight excluding hydrogens is 602 g/mol. The van der Waals surface area contributed by atoms with Crippen LogP contribution in [0.3, 0.4) is 0 Å². The third-order valence-electron chi connectivity index (χ3n) is 7.98. The van der Waals surface area contributed by atoms with E-state index in [0.717, 1.165) is 6.42 Å². The third kappa shape index (κ3) is 6.89. The maximum absolute atomic E-state index is 13.5. The standard InChI is InChI=1S/C28H28F6N4O3S.H2O/c1-3-16-15-38-9-7-17(16)10-25(38)26(22-6-8-35-24-5-4-21(41-2)14-23(22)24)37-42(39,40)36-20-12-18(27(29,30)31)11-19(13-20)28(32,33)34;/h3-6,8,11-14,16-17,25-26,36-37H,1,7,9-10,15H2,2H3;1H2/t16-,17-,25-,26-;/m0./s1. The molecule has 3 saturated heterocycles. The summed E-state index contributed by atoms with van der Waals surface area (Å²) in [4.78, 5) is 6.50. The molecule has 0 saturated carbocycles. The highest BCUT2D eigenvalue weighted by molar-refractivity contribution is 7.90. The van der Waals surface area contributed by atoms with Crippen LogP contribution in [0.2, 0.25) is 0 Å². The molecule has 1 aromatic heterocycles. The molecule has 1 unspecified atom stereocenters. The largest absolute Gasteiger partial charge is 0.497 e. The molecule has 15 heteroatoms. The number of halogens is 6. The monoisotopic (exact) mass is 632 g/mol. The van der Waals surface area contributed by atoms with E-state index >= 15 is 0 Å². The number of hydrogen-bond acceptors (Lipinski definition) is 5. The first-order chi connectivity index (χ1) is 19.7. The second-order valence-electron chi connectivity index (χ2n) is 10.5. The Bertz CT molecular complexity index is 1570. The Morgan fingerprint density at radius 2 is 1.74 bits per heavy atom. The second-order valence-corrected chi connectivity index (χ2v) is 12.0. The summed E-state index contributed by atoms with van der Waals surface area (Å²) in [5.74, 6) is 0.945. The minimum Gasteiger partial charge on any atom is -0.497 e. The fraction of sp³-hybridized carbons (Fsp3) is 0.393. The molecule has 234 valence electrons. The van der Waals surface area contributed by atoms with E-state index in [2.05, 4.69) is 21.2 Å². The molecule has 0 amide bonds. The van der Waals surface area contributed by atoms with Crippen molar-refractivity contribution in [2.75, 3.05) is 24.9 Å². The molecular formula is C28H30F6N4O4S. The Kier molecular flexibility index (Phi) is 9.03. The zero-order valence-corrected chi connectivity index (χ0v) is 23.7. The lowest BCUT2D eigenvalue weighted by molar-refractivity contribution is -0.143. The normalized spacial score (nSPS) is 23.0. The zero-order chi connectivity index (χ0) is 30.4. The van der Waals surface area contributed by atoms with Gasteiger partial charge < -0.3 is 10.2 Å². The molecule has 0 radical (unpaired) electrons. The Balaban J connectivity index is 0.00000423. The molecule has 5 atom stereocenters. The fourth-order valence-electron chi connectivity index (χ4n) is 5.98. The van der Waals surface area contributed by atoms with Crippen molar-refractivity contribution in [2.24, 2.45) is 11.8 Å². The summed E-state index contributed by atoms with van der Waals surface area (Å²) in [6.45, 7) is 5.25. The number of ether oxygens (including phenoxy) is 1. The zero-order valence-electron chi connectivity index (χ0n) is 22.8. The second kappa shape index (κ2) is 11.9. The van der Waals surface area contributed by atoms with Crippen LogP contribution in [0.1, 0.15) is 35.6 Å². The summed E-state index contributed by atoms with van der Waals surface area (Å²) in [5.41, 5.74) is -3.05. The molecule has 3 aliphatic rings. The summed E-state index contributed by atoms with van der Waals surface area (Å²) in [7, 11) is -3.23. The number of rotatable bonds is 8. The smallest absolute Gasteiger partial charge is 0.416 e. The van der Waals surface area contributed by atoms with Gasteiger partial charge in [0.15, 0.2) is 0 Å². The lowest BCUT2D eigenvalue weighted by atomic mass is 9.73. The van der Waals surface area contributed by atoms with Gasteiger partial charge in [-0.15, -0.1) is 6.58 Å². The number of piperidine rings is 3. The molecule has 4 heterocycles. The number of benzene rings is 2. The highest BCUT2D eigenvalue weighted by Gasteiger charge is 2.44. The van der Waals surface area contributed by atoms with E-state index in [9.17, 15) is 34.8 Å². The van der Waals surface area contributed by atoms with Crippen molar-refractivity contribution in [2.45, 2.75) is 37.3 Å². The number of hydrogen-bond donors (Lipinski definition) is 2. The van der Waals surface area contributed by atoms with Crippen molar-refractivity contribution >= 4 is 26.8 Å². The van der Waals surface area contributed by atoms with Gasteiger partial charge in [0.05, 0.1) is 35.5 Å². The maximum atomic E-state index is 13.5. The lowest BCUT2D eigenvalue weighted by Gasteiger charge is -2.51. The molecule has 0 spiro atoms. The molecule has 2 bridgehead atoms. The summed E-state index contributed by atoms with van der Waals surface area (Å²) in [5, 5.41) is 0.589. The number of aromatic nitrogens is 1. The van der Waals surface area contributed by atoms with E-state index in [4.69, 9.17) is 4.74 Å². The van der Waals surface area contributed by atoms with Gasteiger partial charge in [-0.05, 0) is 79.3 Å². The number of methoxy groups -OCH3 is 1. The number of pyridine rings is 1. The van der Waals surface area contributed by atoms with E-state index in [-0.39, 0.29) is 29.4 Å². The van der Waals surface area contributed by atoms with Crippen molar-refractivity contribution in [3.63, 3.8) is 0 Å². The van der Waals surface area contributed by atoms with Gasteiger partial charge in [0.1, 0.15) is 5.75 Å². The van der Waals surface area contributed by atoms with Crippen molar-refractivity contribution in [3.8, 4) is 5.75 Å². The van der Waals surface area contributed by atoms with Crippen molar-refractivity contribution in [3.05, 3.63) is 78.0 Å². The Hall–Kier alpha value is -3.40. The number of alkyl halides is 6. The van der Waals surface area contributed by atoms with Gasteiger partial charge in [0.25, 0.3) is 10.2 Å². The highest BCUT2D eigenvalue weighted by atomic mass is 32.2. The summed E-state index contributed by atoms with van der Waals surface area (Å²) >= 11 is 0. The summed E-state index contributed by atoms with van der Waals surface area (Å²) in [6, 6.07) is 6.08. The molecule has 3 aliphatic heterocycles. The van der Waals surface area contributed by atoms with Gasteiger partial charge in [-0.25, -0.2) is 0 Å². The topological polar surface area (TPSA) is 115 Å². The van der Waals surface area contributed by atoms with E-state index < -0.39 is 45.4 Å². The van der Waals surface area contributed by atoms with Crippen LogP contribution in [-0.4, -0.2) is 50.0 Å². The van der Waals surface area contributed by atoms with E-state index in [1.54, 1.807) is 24.3 Å². The predicted molar refractivity (Wildman–Crippen MR) is 149 cm³/mol. The van der Waals surface area contributed by atoms with Crippen LogP contribution >= 0.6 is 0 Å². The first-order valence-corrected chi connectivity index (χ1v) is 14.6. The quantitative estimate of drug-likeness (QED) is 0.257. The van der Waals surface area contributed by atoms with E-state index in [1.807, 2.05) is 10.8 Å². The molecule has 2 aromatic carbocycles. The van der Waals surface area contributed by atoms with Gasteiger partial charge in [-0.3, -0.25) is 14.6 Å². The SMILES string of the molecule is C=C[C@H]1CN2CC[C@H]1C[C@H]2[C@@H](NS(=O)(=O)Nc1cc(C(F)(F)F)cc(C(F)(F)F)c1)c1ccnc2ccc(OC)cc12.O. The van der Waals surface area contributed by atoms with E-state index in [1.165, 1.54) is 13.3 Å². The van der Waals surface area contributed by atoms with Crippen LogP contribution < -0.4 is 14.2 Å².